The lowest BCUT2D eigenvalue weighted by Crippen LogP contribution is -2.26. The first-order valence-electron chi connectivity index (χ1n) is 6.59. The predicted molar refractivity (Wildman–Crippen MR) is 75.5 cm³/mol. The van der Waals surface area contributed by atoms with Crippen LogP contribution in [0.1, 0.15) is 19.7 Å². The summed E-state index contributed by atoms with van der Waals surface area (Å²) in [5.74, 6) is 0.665. The van der Waals surface area contributed by atoms with Crippen molar-refractivity contribution in [2.24, 2.45) is 0 Å². The highest BCUT2D eigenvalue weighted by Gasteiger charge is 2.08. The van der Waals surface area contributed by atoms with Gasteiger partial charge in [0.15, 0.2) is 0 Å². The van der Waals surface area contributed by atoms with Gasteiger partial charge in [0.05, 0.1) is 5.39 Å². The molecule has 1 aromatic heterocycles. The highest BCUT2D eigenvalue weighted by Crippen LogP contribution is 2.19. The van der Waals surface area contributed by atoms with Gasteiger partial charge in [-0.05, 0) is 25.2 Å². The van der Waals surface area contributed by atoms with Gasteiger partial charge in [-0.1, -0.05) is 19.9 Å². The van der Waals surface area contributed by atoms with E-state index >= 15 is 0 Å². The molecular weight excluding hydrogens is 242 g/mol. The van der Waals surface area contributed by atoms with Crippen LogP contribution in [0.2, 0.25) is 0 Å². The number of aromatic hydroxyl groups is 1. The van der Waals surface area contributed by atoms with Crippen molar-refractivity contribution in [2.45, 2.75) is 20.3 Å². The molecule has 19 heavy (non-hydrogen) atoms. The molecule has 0 fully saturated rings. The van der Waals surface area contributed by atoms with Gasteiger partial charge in [-0.3, -0.25) is 4.79 Å². The van der Waals surface area contributed by atoms with Gasteiger partial charge in [0.1, 0.15) is 17.1 Å². The number of hydrogen-bond acceptors (Lipinski definition) is 4. The minimum Gasteiger partial charge on any atom is -0.506 e. The van der Waals surface area contributed by atoms with Crippen molar-refractivity contribution in [3.63, 3.8) is 0 Å². The number of H-pyrrole nitrogens is 1. The van der Waals surface area contributed by atoms with Crippen molar-refractivity contribution in [1.82, 2.24) is 14.9 Å². The molecule has 0 aliphatic heterocycles. The van der Waals surface area contributed by atoms with Crippen molar-refractivity contribution < 1.29 is 5.11 Å². The summed E-state index contributed by atoms with van der Waals surface area (Å²) in [7, 11) is 0. The summed E-state index contributed by atoms with van der Waals surface area (Å²) in [6.45, 7) is 6.99. The Hall–Kier alpha value is -1.88. The van der Waals surface area contributed by atoms with Crippen LogP contribution in [0.3, 0.4) is 0 Å². The molecule has 2 rings (SSSR count). The summed E-state index contributed by atoms with van der Waals surface area (Å²) in [5.41, 5.74) is 0.177. The molecular formula is C14H19N3O2. The third kappa shape index (κ3) is 2.93. The van der Waals surface area contributed by atoms with Gasteiger partial charge in [0.25, 0.3) is 5.56 Å². The molecule has 0 unspecified atom stereocenters. The summed E-state index contributed by atoms with van der Waals surface area (Å²) < 4.78 is 0. The molecule has 1 aromatic carbocycles. The predicted octanol–water partition coefficient (Wildman–Crippen LogP) is 1.51. The molecule has 0 aliphatic carbocycles. The Morgan fingerprint density at radius 2 is 2.05 bits per heavy atom. The number of aromatic amines is 1. The van der Waals surface area contributed by atoms with Crippen LogP contribution >= 0.6 is 0 Å². The highest BCUT2D eigenvalue weighted by molar-refractivity contribution is 5.83. The normalized spacial score (nSPS) is 11.3. The van der Waals surface area contributed by atoms with Crippen LogP contribution in [0.5, 0.6) is 5.75 Å². The summed E-state index contributed by atoms with van der Waals surface area (Å²) >= 11 is 0. The van der Waals surface area contributed by atoms with Gasteiger partial charge in [0.2, 0.25) is 0 Å². The number of phenols is 1. The van der Waals surface area contributed by atoms with Crippen LogP contribution in [-0.2, 0) is 6.42 Å². The van der Waals surface area contributed by atoms with Gasteiger partial charge >= 0.3 is 0 Å². The summed E-state index contributed by atoms with van der Waals surface area (Å²) in [5, 5.41) is 10.2. The van der Waals surface area contributed by atoms with Crippen LogP contribution < -0.4 is 5.56 Å². The largest absolute Gasteiger partial charge is 0.506 e. The van der Waals surface area contributed by atoms with Crippen molar-refractivity contribution in [1.29, 1.82) is 0 Å². The van der Waals surface area contributed by atoms with E-state index in [1.807, 2.05) is 0 Å². The molecule has 2 aromatic rings. The van der Waals surface area contributed by atoms with Gasteiger partial charge in [-0.15, -0.1) is 0 Å². The first-order valence-corrected chi connectivity index (χ1v) is 6.59. The van der Waals surface area contributed by atoms with Crippen molar-refractivity contribution in [3.05, 3.63) is 34.4 Å². The fourth-order valence-corrected chi connectivity index (χ4v) is 2.12. The molecule has 0 amide bonds. The lowest BCUT2D eigenvalue weighted by atomic mass is 10.2. The van der Waals surface area contributed by atoms with Crippen molar-refractivity contribution in [3.8, 4) is 5.75 Å². The molecule has 2 N–H and O–H groups in total. The quantitative estimate of drug-likeness (QED) is 0.856. The van der Waals surface area contributed by atoms with Crippen LogP contribution in [0, 0.1) is 0 Å². The van der Waals surface area contributed by atoms with E-state index in [-0.39, 0.29) is 11.3 Å². The molecule has 0 spiro atoms. The van der Waals surface area contributed by atoms with Crippen LogP contribution in [0.25, 0.3) is 10.9 Å². The average molecular weight is 261 g/mol. The Morgan fingerprint density at radius 3 is 2.74 bits per heavy atom. The number of hydrogen-bond donors (Lipinski definition) is 2. The fraction of sp³-hybridized carbons (Fsp3) is 0.429. The number of nitrogens with one attached hydrogen (secondary N) is 1. The minimum absolute atomic E-state index is 0.0488. The number of benzene rings is 1. The van der Waals surface area contributed by atoms with E-state index in [4.69, 9.17) is 0 Å². The molecule has 0 saturated heterocycles. The molecule has 0 radical (unpaired) electrons. The molecule has 0 aliphatic rings. The third-order valence-corrected chi connectivity index (χ3v) is 3.32. The van der Waals surface area contributed by atoms with Crippen LogP contribution in [0.4, 0.5) is 0 Å². The standard InChI is InChI=1S/C14H19N3O2/c1-3-17(4-2)9-8-12-15-13-10(14(19)16-12)6-5-7-11(13)18/h5-7,18H,3-4,8-9H2,1-2H3,(H,15,16,19). The van der Waals surface area contributed by atoms with E-state index in [1.54, 1.807) is 18.2 Å². The monoisotopic (exact) mass is 261 g/mol. The molecule has 0 bridgehead atoms. The zero-order chi connectivity index (χ0) is 13.8. The molecule has 1 heterocycles. The van der Waals surface area contributed by atoms with Gasteiger partial charge < -0.3 is 15.0 Å². The minimum atomic E-state index is -0.199. The number of rotatable bonds is 5. The second-order valence-electron chi connectivity index (χ2n) is 4.46. The maximum atomic E-state index is 11.9. The Balaban J connectivity index is 2.30. The van der Waals surface area contributed by atoms with Crippen LogP contribution in [0.15, 0.2) is 23.0 Å². The second kappa shape index (κ2) is 5.84. The van der Waals surface area contributed by atoms with Crippen molar-refractivity contribution in [2.75, 3.05) is 19.6 Å². The Bertz CT molecular complexity index is 618. The Kier molecular flexibility index (Phi) is 4.16. The van der Waals surface area contributed by atoms with E-state index in [2.05, 4.69) is 28.7 Å². The lowest BCUT2D eigenvalue weighted by Gasteiger charge is -2.17. The number of aromatic nitrogens is 2. The summed E-state index contributed by atoms with van der Waals surface area (Å²) in [6.07, 6.45) is 0.668. The van der Waals surface area contributed by atoms with E-state index < -0.39 is 0 Å². The first kappa shape index (κ1) is 13.5. The smallest absolute Gasteiger partial charge is 0.258 e. The number of para-hydroxylation sites is 1. The van der Waals surface area contributed by atoms with Gasteiger partial charge in [-0.25, -0.2) is 4.98 Å². The SMILES string of the molecule is CCN(CC)CCc1nc2c(O)cccc2c(=O)[nH]1. The van der Waals surface area contributed by atoms with Crippen LogP contribution in [-0.4, -0.2) is 39.6 Å². The average Bonchev–Trinajstić information content (AvgIpc) is 2.41. The number of phenolic OH excluding ortho intramolecular Hbond substituents is 1. The number of fused-ring (bicyclic) bond motifs is 1. The van der Waals surface area contributed by atoms with E-state index in [0.29, 0.717) is 23.1 Å². The molecule has 5 nitrogen and oxygen atoms in total. The number of nitrogens with zero attached hydrogens (tertiary/aromatic N) is 2. The van der Waals surface area contributed by atoms with E-state index in [0.717, 1.165) is 19.6 Å². The van der Waals surface area contributed by atoms with E-state index in [1.165, 1.54) is 0 Å². The van der Waals surface area contributed by atoms with E-state index in [9.17, 15) is 9.90 Å². The maximum absolute atomic E-state index is 11.9. The zero-order valence-corrected chi connectivity index (χ0v) is 11.3. The zero-order valence-electron chi connectivity index (χ0n) is 11.3. The Labute approximate surface area is 111 Å². The summed E-state index contributed by atoms with van der Waals surface area (Å²) in [6, 6.07) is 4.85. The first-order chi connectivity index (χ1) is 9.15. The van der Waals surface area contributed by atoms with Gasteiger partial charge in [0, 0.05) is 13.0 Å². The molecule has 102 valence electrons. The fourth-order valence-electron chi connectivity index (χ4n) is 2.12. The molecule has 0 atom stereocenters. The molecule has 0 saturated carbocycles. The summed E-state index contributed by atoms with van der Waals surface area (Å²) in [4.78, 5) is 21.3. The lowest BCUT2D eigenvalue weighted by molar-refractivity contribution is 0.306. The molecule has 5 heteroatoms. The topological polar surface area (TPSA) is 69.2 Å². The maximum Gasteiger partial charge on any atom is 0.258 e. The number of likely N-dealkylation sites (N-methyl/N-ethyl adjacent to an activating group) is 1. The highest BCUT2D eigenvalue weighted by atomic mass is 16.3. The third-order valence-electron chi connectivity index (χ3n) is 3.32. The van der Waals surface area contributed by atoms with Crippen molar-refractivity contribution >= 4 is 10.9 Å². The second-order valence-corrected chi connectivity index (χ2v) is 4.46. The van der Waals surface area contributed by atoms with Gasteiger partial charge in [-0.2, -0.15) is 0 Å². The Morgan fingerprint density at radius 1 is 1.32 bits per heavy atom.